The number of nitrogens with one attached hydrogen (secondary N) is 2. The molecule has 6 nitrogen and oxygen atoms in total. The molecule has 2 rings (SSSR count). The second-order valence-corrected chi connectivity index (χ2v) is 6.35. The third-order valence-electron chi connectivity index (χ3n) is 3.17. The summed E-state index contributed by atoms with van der Waals surface area (Å²) in [5.41, 5.74) is 0.364. The first-order valence-corrected chi connectivity index (χ1v) is 8.31. The maximum atomic E-state index is 11.9. The lowest BCUT2D eigenvalue weighted by molar-refractivity contribution is -0.123. The number of rotatable bonds is 8. The first-order chi connectivity index (χ1) is 11.9. The van der Waals surface area contributed by atoms with Crippen LogP contribution in [0.2, 0.25) is 5.02 Å². The molecule has 0 aliphatic rings. The fourth-order valence-corrected chi connectivity index (χ4v) is 2.02. The SMILES string of the molecule is CC(C)COc1c[nH]c(CNC(=O)COc2ccc(Cl)cc2)cc1=O. The average Bonchev–Trinajstić information content (AvgIpc) is 2.58. The Balaban J connectivity index is 1.80. The summed E-state index contributed by atoms with van der Waals surface area (Å²) in [6.07, 6.45) is 1.51. The van der Waals surface area contributed by atoms with Crippen LogP contribution in [-0.4, -0.2) is 24.1 Å². The van der Waals surface area contributed by atoms with Crippen LogP contribution in [0.3, 0.4) is 0 Å². The smallest absolute Gasteiger partial charge is 0.258 e. The van der Waals surface area contributed by atoms with Gasteiger partial charge in [0.05, 0.1) is 13.2 Å². The summed E-state index contributed by atoms with van der Waals surface area (Å²) < 4.78 is 10.8. The molecule has 134 valence electrons. The fraction of sp³-hybridized carbons (Fsp3) is 0.333. The van der Waals surface area contributed by atoms with Crippen LogP contribution in [0.5, 0.6) is 11.5 Å². The number of amides is 1. The van der Waals surface area contributed by atoms with Crippen molar-refractivity contribution in [3.63, 3.8) is 0 Å². The van der Waals surface area contributed by atoms with Gasteiger partial charge in [-0.2, -0.15) is 0 Å². The molecule has 0 spiro atoms. The molecule has 0 saturated heterocycles. The quantitative estimate of drug-likeness (QED) is 0.754. The lowest BCUT2D eigenvalue weighted by Crippen LogP contribution is -2.29. The van der Waals surface area contributed by atoms with E-state index >= 15 is 0 Å². The number of ether oxygens (including phenoxy) is 2. The van der Waals surface area contributed by atoms with Crippen molar-refractivity contribution in [1.29, 1.82) is 0 Å². The highest BCUT2D eigenvalue weighted by Crippen LogP contribution is 2.15. The Bertz CT molecular complexity index is 756. The Hall–Kier alpha value is -2.47. The molecule has 0 aliphatic carbocycles. The predicted octanol–water partition coefficient (Wildman–Crippen LogP) is 2.76. The lowest BCUT2D eigenvalue weighted by Gasteiger charge is -2.10. The first kappa shape index (κ1) is 18.9. The van der Waals surface area contributed by atoms with E-state index in [9.17, 15) is 9.59 Å². The van der Waals surface area contributed by atoms with Crippen LogP contribution in [0, 0.1) is 5.92 Å². The van der Waals surface area contributed by atoms with Gasteiger partial charge < -0.3 is 19.8 Å². The topological polar surface area (TPSA) is 80.4 Å². The molecule has 1 aromatic heterocycles. The first-order valence-electron chi connectivity index (χ1n) is 7.93. The van der Waals surface area contributed by atoms with E-state index in [0.29, 0.717) is 29.0 Å². The molecule has 0 unspecified atom stereocenters. The van der Waals surface area contributed by atoms with Gasteiger partial charge in [0.15, 0.2) is 12.4 Å². The van der Waals surface area contributed by atoms with Crippen molar-refractivity contribution >= 4 is 17.5 Å². The molecule has 1 amide bonds. The standard InChI is InChI=1S/C18H21ClN2O4/c1-12(2)10-25-17-9-20-14(7-16(17)22)8-21-18(23)11-24-15-5-3-13(19)4-6-15/h3-7,9,12H,8,10-11H2,1-2H3,(H,20,22)(H,21,23). The maximum absolute atomic E-state index is 11.9. The normalized spacial score (nSPS) is 10.6. The van der Waals surface area contributed by atoms with Crippen LogP contribution in [0.15, 0.2) is 41.3 Å². The summed E-state index contributed by atoms with van der Waals surface area (Å²) in [5, 5.41) is 3.28. The molecule has 1 aromatic carbocycles. The number of aromatic nitrogens is 1. The van der Waals surface area contributed by atoms with Crippen molar-refractivity contribution in [2.45, 2.75) is 20.4 Å². The third-order valence-corrected chi connectivity index (χ3v) is 3.42. The highest BCUT2D eigenvalue weighted by molar-refractivity contribution is 6.30. The van der Waals surface area contributed by atoms with Crippen molar-refractivity contribution in [2.24, 2.45) is 5.92 Å². The van der Waals surface area contributed by atoms with Gasteiger partial charge >= 0.3 is 0 Å². The van der Waals surface area contributed by atoms with E-state index in [1.807, 2.05) is 13.8 Å². The Morgan fingerprint density at radius 2 is 1.96 bits per heavy atom. The summed E-state index contributed by atoms with van der Waals surface area (Å²) in [7, 11) is 0. The van der Waals surface area contributed by atoms with Gasteiger partial charge in [-0.15, -0.1) is 0 Å². The van der Waals surface area contributed by atoms with E-state index in [1.165, 1.54) is 12.3 Å². The van der Waals surface area contributed by atoms with E-state index in [4.69, 9.17) is 21.1 Å². The lowest BCUT2D eigenvalue weighted by atomic mass is 10.2. The minimum absolute atomic E-state index is 0.124. The van der Waals surface area contributed by atoms with E-state index in [1.54, 1.807) is 24.3 Å². The van der Waals surface area contributed by atoms with Gasteiger partial charge in [-0.25, -0.2) is 0 Å². The Morgan fingerprint density at radius 3 is 2.60 bits per heavy atom. The average molecular weight is 365 g/mol. The largest absolute Gasteiger partial charge is 0.488 e. The molecular formula is C18H21ClN2O4. The molecule has 0 atom stereocenters. The predicted molar refractivity (Wildman–Crippen MR) is 96.2 cm³/mol. The number of hydrogen-bond acceptors (Lipinski definition) is 4. The van der Waals surface area contributed by atoms with Gasteiger partial charge in [-0.05, 0) is 30.2 Å². The molecule has 0 saturated carbocycles. The summed E-state index contributed by atoms with van der Waals surface area (Å²) >= 11 is 5.78. The van der Waals surface area contributed by atoms with Crippen LogP contribution in [0.4, 0.5) is 0 Å². The molecule has 25 heavy (non-hydrogen) atoms. The molecule has 0 fully saturated rings. The Labute approximate surface area is 151 Å². The molecular weight excluding hydrogens is 344 g/mol. The van der Waals surface area contributed by atoms with Crippen molar-refractivity contribution < 1.29 is 14.3 Å². The number of halogens is 1. The second kappa shape index (κ2) is 9.13. The molecule has 7 heteroatoms. The minimum atomic E-state index is -0.295. The van der Waals surface area contributed by atoms with Crippen molar-refractivity contribution in [3.05, 3.63) is 57.5 Å². The number of benzene rings is 1. The monoisotopic (exact) mass is 364 g/mol. The van der Waals surface area contributed by atoms with E-state index < -0.39 is 0 Å². The number of hydrogen-bond donors (Lipinski definition) is 2. The van der Waals surface area contributed by atoms with Crippen LogP contribution in [0.1, 0.15) is 19.5 Å². The maximum Gasteiger partial charge on any atom is 0.258 e. The molecule has 0 radical (unpaired) electrons. The van der Waals surface area contributed by atoms with Gasteiger partial charge in [0, 0.05) is 23.0 Å². The van der Waals surface area contributed by atoms with Crippen LogP contribution in [-0.2, 0) is 11.3 Å². The number of H-pyrrole nitrogens is 1. The molecule has 0 bridgehead atoms. The van der Waals surface area contributed by atoms with Crippen molar-refractivity contribution in [1.82, 2.24) is 10.3 Å². The van der Waals surface area contributed by atoms with E-state index in [0.717, 1.165) is 0 Å². The Kier molecular flexibility index (Phi) is 6.89. The zero-order valence-electron chi connectivity index (χ0n) is 14.2. The van der Waals surface area contributed by atoms with Crippen molar-refractivity contribution in [3.8, 4) is 11.5 Å². The summed E-state index contributed by atoms with van der Waals surface area (Å²) in [6, 6.07) is 8.15. The molecule has 1 heterocycles. The van der Waals surface area contributed by atoms with Gasteiger partial charge in [0.25, 0.3) is 5.91 Å². The summed E-state index contributed by atoms with van der Waals surface area (Å²) in [4.78, 5) is 26.7. The number of carbonyl (C=O) groups excluding carboxylic acids is 1. The number of carbonyl (C=O) groups is 1. The zero-order chi connectivity index (χ0) is 18.2. The van der Waals surface area contributed by atoms with Gasteiger partial charge in [0.2, 0.25) is 5.43 Å². The van der Waals surface area contributed by atoms with Gasteiger partial charge in [-0.3, -0.25) is 9.59 Å². The van der Waals surface area contributed by atoms with Gasteiger partial charge in [-0.1, -0.05) is 25.4 Å². The summed E-state index contributed by atoms with van der Waals surface area (Å²) in [6.45, 7) is 4.56. The highest BCUT2D eigenvalue weighted by atomic mass is 35.5. The number of aromatic amines is 1. The highest BCUT2D eigenvalue weighted by Gasteiger charge is 2.06. The van der Waals surface area contributed by atoms with Gasteiger partial charge in [0.1, 0.15) is 5.75 Å². The third kappa shape index (κ3) is 6.51. The second-order valence-electron chi connectivity index (χ2n) is 5.91. The van der Waals surface area contributed by atoms with Crippen LogP contribution < -0.4 is 20.2 Å². The van der Waals surface area contributed by atoms with E-state index in [-0.39, 0.29) is 30.2 Å². The minimum Gasteiger partial charge on any atom is -0.488 e. The molecule has 0 aliphatic heterocycles. The van der Waals surface area contributed by atoms with Crippen LogP contribution in [0.25, 0.3) is 0 Å². The molecule has 2 N–H and O–H groups in total. The number of pyridine rings is 1. The fourth-order valence-electron chi connectivity index (χ4n) is 1.90. The summed E-state index contributed by atoms with van der Waals surface area (Å²) in [5.74, 6) is 0.865. The van der Waals surface area contributed by atoms with Crippen molar-refractivity contribution in [2.75, 3.05) is 13.2 Å². The Morgan fingerprint density at radius 1 is 1.24 bits per heavy atom. The van der Waals surface area contributed by atoms with Crippen LogP contribution >= 0.6 is 11.6 Å². The van der Waals surface area contributed by atoms with E-state index in [2.05, 4.69) is 10.3 Å². The molecule has 2 aromatic rings. The zero-order valence-corrected chi connectivity index (χ0v) is 14.9.